The predicted molar refractivity (Wildman–Crippen MR) is 138 cm³/mol. The Morgan fingerprint density at radius 2 is 0.735 bits per heavy atom. The van der Waals surface area contributed by atoms with E-state index >= 15 is 0 Å². The molecule has 0 aromatic heterocycles. The zero-order valence-corrected chi connectivity index (χ0v) is 21.8. The highest BCUT2D eigenvalue weighted by Gasteiger charge is 2.25. The van der Waals surface area contributed by atoms with Crippen LogP contribution in [0.3, 0.4) is 0 Å². The topological polar surface area (TPSA) is 68.3 Å². The van der Waals surface area contributed by atoms with E-state index in [9.17, 15) is 16.8 Å². The van der Waals surface area contributed by atoms with E-state index in [1.165, 1.54) is 21.6 Å². The number of hydrogen-bond donors (Lipinski definition) is 0. The van der Waals surface area contributed by atoms with E-state index in [0.717, 1.165) is 0 Å². The Morgan fingerprint density at radius 1 is 0.441 bits per heavy atom. The van der Waals surface area contributed by atoms with Crippen LogP contribution in [0.4, 0.5) is 0 Å². The Balaban J connectivity index is 1.70. The summed E-state index contributed by atoms with van der Waals surface area (Å²) in [4.78, 5) is 1.99. The Morgan fingerprint density at radius 3 is 1.09 bits per heavy atom. The number of sulfone groups is 2. The molecule has 4 rings (SSSR count). The van der Waals surface area contributed by atoms with E-state index in [2.05, 4.69) is 0 Å². The van der Waals surface area contributed by atoms with Crippen molar-refractivity contribution in [3.63, 3.8) is 0 Å². The molecule has 0 saturated heterocycles. The first-order valence-electron chi connectivity index (χ1n) is 10.4. The Hall–Kier alpha value is -2.52. The minimum atomic E-state index is -3.74. The van der Waals surface area contributed by atoms with Crippen LogP contribution in [-0.4, -0.2) is 16.8 Å². The number of aryl methyl sites for hydroxylation is 2. The van der Waals surface area contributed by atoms with Crippen molar-refractivity contribution in [3.05, 3.63) is 108 Å². The molecule has 0 fully saturated rings. The second kappa shape index (κ2) is 10.00. The third-order valence-corrected chi connectivity index (χ3v) is 11.9. The molecule has 0 bridgehead atoms. The summed E-state index contributed by atoms with van der Waals surface area (Å²) in [5.41, 5.74) is 1.34. The van der Waals surface area contributed by atoms with Crippen LogP contribution in [0.2, 0.25) is 0 Å². The van der Waals surface area contributed by atoms with Gasteiger partial charge < -0.3 is 0 Å². The summed E-state index contributed by atoms with van der Waals surface area (Å²) in [5.74, 6) is 0. The number of benzene rings is 4. The Kier molecular flexibility index (Phi) is 7.23. The quantitative estimate of drug-likeness (QED) is 0.248. The molecule has 0 atom stereocenters. The Bertz CT molecular complexity index is 1440. The molecule has 0 heterocycles. The second-order valence-electron chi connectivity index (χ2n) is 7.60. The lowest BCUT2D eigenvalue weighted by molar-refractivity contribution is 0.591. The zero-order valence-electron chi connectivity index (χ0n) is 18.5. The highest BCUT2D eigenvalue weighted by molar-refractivity contribution is 8.76. The van der Waals surface area contributed by atoms with E-state index in [1.807, 2.05) is 0 Å². The smallest absolute Gasteiger partial charge is 0.207 e. The highest BCUT2D eigenvalue weighted by Crippen LogP contribution is 2.44. The summed E-state index contributed by atoms with van der Waals surface area (Å²) in [6.07, 6.45) is 0. The van der Waals surface area contributed by atoms with Crippen molar-refractivity contribution in [3.8, 4) is 0 Å². The molecule has 0 amide bonds. The van der Waals surface area contributed by atoms with Crippen LogP contribution in [0.25, 0.3) is 0 Å². The van der Waals surface area contributed by atoms with Gasteiger partial charge in [0.2, 0.25) is 19.7 Å². The van der Waals surface area contributed by atoms with E-state index < -0.39 is 19.7 Å². The van der Waals surface area contributed by atoms with Gasteiger partial charge in [-0.1, -0.05) is 82.3 Å². The maximum Gasteiger partial charge on any atom is 0.207 e. The Labute approximate surface area is 208 Å². The van der Waals surface area contributed by atoms with Crippen LogP contribution in [0.1, 0.15) is 11.1 Å². The first-order chi connectivity index (χ1) is 16.2. The molecule has 4 aromatic carbocycles. The van der Waals surface area contributed by atoms with Crippen LogP contribution in [-0.2, 0) is 19.7 Å². The first kappa shape index (κ1) is 24.6. The minimum absolute atomic E-state index is 0.195. The molecule has 0 unspecified atom stereocenters. The summed E-state index contributed by atoms with van der Waals surface area (Å²) < 4.78 is 53.7. The molecule has 0 N–H and O–H groups in total. The monoisotopic (exact) mass is 526 g/mol. The number of rotatable bonds is 7. The summed E-state index contributed by atoms with van der Waals surface area (Å²) >= 11 is 0. The minimum Gasteiger partial charge on any atom is -0.218 e. The molecule has 4 nitrogen and oxygen atoms in total. The molecule has 34 heavy (non-hydrogen) atoms. The predicted octanol–water partition coefficient (Wildman–Crippen LogP) is 6.77. The lowest BCUT2D eigenvalue weighted by Gasteiger charge is -2.14. The SMILES string of the molecule is Cc1ccccc1S(=O)(=O)c1ccccc1SSc1ccccc1S(=O)(=O)c1ccccc1C. The lowest BCUT2D eigenvalue weighted by Crippen LogP contribution is -2.06. The molecule has 0 aliphatic rings. The van der Waals surface area contributed by atoms with Gasteiger partial charge in [0.15, 0.2) is 0 Å². The largest absolute Gasteiger partial charge is 0.218 e. The molecular formula is C26H22O4S4. The molecular weight excluding hydrogens is 505 g/mol. The van der Waals surface area contributed by atoms with Crippen molar-refractivity contribution in [2.75, 3.05) is 0 Å². The van der Waals surface area contributed by atoms with Crippen molar-refractivity contribution in [1.29, 1.82) is 0 Å². The fourth-order valence-electron chi connectivity index (χ4n) is 3.52. The molecule has 4 aromatic rings. The van der Waals surface area contributed by atoms with E-state index in [-0.39, 0.29) is 19.6 Å². The normalized spacial score (nSPS) is 11.9. The van der Waals surface area contributed by atoms with E-state index in [1.54, 1.807) is 111 Å². The van der Waals surface area contributed by atoms with Gasteiger partial charge >= 0.3 is 0 Å². The van der Waals surface area contributed by atoms with Gasteiger partial charge in [0.25, 0.3) is 0 Å². The van der Waals surface area contributed by atoms with Crippen LogP contribution in [0, 0.1) is 13.8 Å². The van der Waals surface area contributed by atoms with Crippen molar-refractivity contribution >= 4 is 41.3 Å². The van der Waals surface area contributed by atoms with Crippen molar-refractivity contribution < 1.29 is 16.8 Å². The first-order valence-corrected chi connectivity index (χ1v) is 15.5. The average molecular weight is 527 g/mol. The van der Waals surface area contributed by atoms with Gasteiger partial charge in [-0.25, -0.2) is 16.8 Å². The maximum absolute atomic E-state index is 13.4. The summed E-state index contributed by atoms with van der Waals surface area (Å²) in [6.45, 7) is 3.54. The van der Waals surface area contributed by atoms with Crippen molar-refractivity contribution in [2.45, 2.75) is 43.2 Å². The van der Waals surface area contributed by atoms with Gasteiger partial charge in [-0.05, 0) is 61.4 Å². The fourth-order valence-corrected chi connectivity index (χ4v) is 10.1. The van der Waals surface area contributed by atoms with Gasteiger partial charge in [0.1, 0.15) is 0 Å². The summed E-state index contributed by atoms with van der Waals surface area (Å²) in [5, 5.41) is 0. The van der Waals surface area contributed by atoms with Crippen LogP contribution >= 0.6 is 21.6 Å². The molecule has 0 aliphatic carbocycles. The highest BCUT2D eigenvalue weighted by atomic mass is 33.1. The van der Waals surface area contributed by atoms with Gasteiger partial charge in [-0.2, -0.15) is 0 Å². The average Bonchev–Trinajstić information content (AvgIpc) is 2.83. The van der Waals surface area contributed by atoms with Gasteiger partial charge in [-0.3, -0.25) is 0 Å². The molecule has 8 heteroatoms. The van der Waals surface area contributed by atoms with Crippen LogP contribution in [0.15, 0.2) is 126 Å². The van der Waals surface area contributed by atoms with E-state index in [0.29, 0.717) is 20.9 Å². The maximum atomic E-state index is 13.4. The summed E-state index contributed by atoms with van der Waals surface area (Å²) in [7, 11) is -5.03. The molecule has 0 radical (unpaired) electrons. The van der Waals surface area contributed by atoms with Crippen LogP contribution < -0.4 is 0 Å². The molecule has 0 aliphatic heterocycles. The third-order valence-electron chi connectivity index (χ3n) is 5.26. The zero-order chi connectivity index (χ0) is 24.3. The third kappa shape index (κ3) is 4.81. The molecule has 174 valence electrons. The lowest BCUT2D eigenvalue weighted by atomic mass is 10.2. The van der Waals surface area contributed by atoms with Crippen molar-refractivity contribution in [2.24, 2.45) is 0 Å². The van der Waals surface area contributed by atoms with Gasteiger partial charge in [0.05, 0.1) is 19.6 Å². The fraction of sp³-hybridized carbons (Fsp3) is 0.0769. The van der Waals surface area contributed by atoms with Crippen LogP contribution in [0.5, 0.6) is 0 Å². The molecule has 0 saturated carbocycles. The summed E-state index contributed by atoms with van der Waals surface area (Å²) in [6, 6.07) is 27.3. The number of hydrogen-bond acceptors (Lipinski definition) is 6. The van der Waals surface area contributed by atoms with E-state index in [4.69, 9.17) is 0 Å². The second-order valence-corrected chi connectivity index (χ2v) is 13.6. The van der Waals surface area contributed by atoms with Gasteiger partial charge in [-0.15, -0.1) is 0 Å². The standard InChI is InChI=1S/C26H22O4S4/c1-19-11-3-7-15-23(19)33(27,28)25-17-9-5-13-21(25)31-32-22-14-6-10-18-26(22)34(29,30)24-16-8-4-12-20(24)2/h3-18H,1-2H3. The molecule has 0 spiro atoms. The van der Waals surface area contributed by atoms with Crippen molar-refractivity contribution in [1.82, 2.24) is 0 Å². The van der Waals surface area contributed by atoms with Gasteiger partial charge in [0, 0.05) is 9.79 Å².